The first-order valence-electron chi connectivity index (χ1n) is 5.70. The highest BCUT2D eigenvalue weighted by Gasteiger charge is 2.27. The zero-order chi connectivity index (χ0) is 11.8. The van der Waals surface area contributed by atoms with Gasteiger partial charge in [-0.3, -0.25) is 0 Å². The first-order valence-corrected chi connectivity index (χ1v) is 5.70. The highest BCUT2D eigenvalue weighted by atomic mass is 16.3. The molecule has 1 aliphatic rings. The quantitative estimate of drug-likeness (QED) is 0.700. The number of nitriles is 1. The van der Waals surface area contributed by atoms with Gasteiger partial charge in [-0.15, -0.1) is 0 Å². The number of aromatic nitrogens is 1. The Bertz CT molecular complexity index is 636. The number of fused-ring (bicyclic) bond motifs is 3. The SMILES string of the molecule is N#Cc1c2ccccc2c2n1CCCC2N=O. The van der Waals surface area contributed by atoms with E-state index in [1.165, 1.54) is 0 Å². The Balaban J connectivity index is 2.42. The lowest BCUT2D eigenvalue weighted by molar-refractivity contribution is 0.464. The molecule has 17 heavy (non-hydrogen) atoms. The van der Waals surface area contributed by atoms with Gasteiger partial charge in [0.25, 0.3) is 0 Å². The average Bonchev–Trinajstić information content (AvgIpc) is 2.72. The lowest BCUT2D eigenvalue weighted by Crippen LogP contribution is -2.14. The fraction of sp³-hybridized carbons (Fsp3) is 0.308. The summed E-state index contributed by atoms with van der Waals surface area (Å²) >= 11 is 0. The number of benzene rings is 1. The van der Waals surface area contributed by atoms with Crippen molar-refractivity contribution in [3.8, 4) is 6.07 Å². The van der Waals surface area contributed by atoms with Crippen molar-refractivity contribution in [1.29, 1.82) is 5.26 Å². The Morgan fingerprint density at radius 2 is 2.12 bits per heavy atom. The van der Waals surface area contributed by atoms with E-state index in [4.69, 9.17) is 0 Å². The summed E-state index contributed by atoms with van der Waals surface area (Å²) in [6.45, 7) is 0.804. The fourth-order valence-corrected chi connectivity index (χ4v) is 2.72. The summed E-state index contributed by atoms with van der Waals surface area (Å²) in [5.41, 5.74) is 1.57. The molecule has 0 saturated heterocycles. The van der Waals surface area contributed by atoms with Crippen LogP contribution in [0.3, 0.4) is 0 Å². The zero-order valence-corrected chi connectivity index (χ0v) is 9.26. The Labute approximate surface area is 98.4 Å². The molecule has 1 unspecified atom stereocenters. The molecule has 2 heterocycles. The molecule has 0 aliphatic carbocycles. The Hall–Kier alpha value is -2.15. The van der Waals surface area contributed by atoms with Gasteiger partial charge in [0.1, 0.15) is 17.8 Å². The van der Waals surface area contributed by atoms with Gasteiger partial charge in [-0.1, -0.05) is 29.4 Å². The summed E-state index contributed by atoms with van der Waals surface area (Å²) in [7, 11) is 0. The Kier molecular flexibility index (Phi) is 2.19. The fourth-order valence-electron chi connectivity index (χ4n) is 2.72. The molecule has 1 aliphatic heterocycles. The number of hydrogen-bond donors (Lipinski definition) is 0. The third-order valence-electron chi connectivity index (χ3n) is 3.43. The lowest BCUT2D eigenvalue weighted by atomic mass is 10.0. The van der Waals surface area contributed by atoms with Crippen molar-refractivity contribution in [3.63, 3.8) is 0 Å². The van der Waals surface area contributed by atoms with Crippen LogP contribution in [-0.4, -0.2) is 4.57 Å². The minimum absolute atomic E-state index is 0.309. The average molecular weight is 225 g/mol. The number of hydrogen-bond acceptors (Lipinski definition) is 3. The molecular formula is C13H11N3O. The number of nitroso groups, excluding NO2 is 1. The van der Waals surface area contributed by atoms with Crippen molar-refractivity contribution >= 4 is 10.8 Å². The Morgan fingerprint density at radius 1 is 1.35 bits per heavy atom. The van der Waals surface area contributed by atoms with Crippen LogP contribution >= 0.6 is 0 Å². The molecule has 1 atom stereocenters. The normalized spacial score (nSPS) is 18.6. The van der Waals surface area contributed by atoms with Crippen LogP contribution in [-0.2, 0) is 6.54 Å². The zero-order valence-electron chi connectivity index (χ0n) is 9.26. The summed E-state index contributed by atoms with van der Waals surface area (Å²) in [6.07, 6.45) is 1.68. The van der Waals surface area contributed by atoms with Gasteiger partial charge in [0.2, 0.25) is 0 Å². The Morgan fingerprint density at radius 3 is 2.82 bits per heavy atom. The van der Waals surface area contributed by atoms with Crippen molar-refractivity contribution in [1.82, 2.24) is 4.57 Å². The number of nitrogens with zero attached hydrogens (tertiary/aromatic N) is 3. The maximum absolute atomic E-state index is 10.9. The lowest BCUT2D eigenvalue weighted by Gasteiger charge is -2.20. The molecule has 4 nitrogen and oxygen atoms in total. The second-order valence-electron chi connectivity index (χ2n) is 4.31. The third kappa shape index (κ3) is 1.29. The van der Waals surface area contributed by atoms with E-state index in [1.807, 2.05) is 28.8 Å². The van der Waals surface area contributed by atoms with Crippen molar-refractivity contribution < 1.29 is 0 Å². The third-order valence-corrected chi connectivity index (χ3v) is 3.43. The highest BCUT2D eigenvalue weighted by molar-refractivity contribution is 5.91. The van der Waals surface area contributed by atoms with Crippen LogP contribution in [0.4, 0.5) is 0 Å². The van der Waals surface area contributed by atoms with Crippen molar-refractivity contribution in [2.45, 2.75) is 25.4 Å². The first-order chi connectivity index (χ1) is 8.36. The van der Waals surface area contributed by atoms with Crippen LogP contribution in [0.5, 0.6) is 0 Å². The molecule has 84 valence electrons. The topological polar surface area (TPSA) is 58.1 Å². The predicted octanol–water partition coefficient (Wildman–Crippen LogP) is 3.11. The van der Waals surface area contributed by atoms with E-state index in [2.05, 4.69) is 11.2 Å². The standard InChI is InChI=1S/C13H11N3O/c14-8-12-9-4-1-2-5-10(9)13-11(15-17)6-3-7-16(12)13/h1-2,4-5,11H,3,6-7H2. The molecule has 0 N–H and O–H groups in total. The maximum Gasteiger partial charge on any atom is 0.132 e. The van der Waals surface area contributed by atoms with E-state index in [0.29, 0.717) is 5.69 Å². The molecule has 0 fully saturated rings. The molecule has 3 rings (SSSR count). The monoisotopic (exact) mass is 225 g/mol. The van der Waals surface area contributed by atoms with Crippen LogP contribution in [0.15, 0.2) is 29.4 Å². The van der Waals surface area contributed by atoms with E-state index in [0.717, 1.165) is 35.9 Å². The second kappa shape index (κ2) is 3.70. The summed E-state index contributed by atoms with van der Waals surface area (Å²) in [6, 6.07) is 9.67. The predicted molar refractivity (Wildman–Crippen MR) is 64.4 cm³/mol. The maximum atomic E-state index is 10.9. The van der Waals surface area contributed by atoms with Crippen molar-refractivity contribution in [2.75, 3.05) is 0 Å². The summed E-state index contributed by atoms with van der Waals surface area (Å²) in [4.78, 5) is 10.9. The molecule has 1 aromatic carbocycles. The number of rotatable bonds is 1. The molecule has 4 heteroatoms. The highest BCUT2D eigenvalue weighted by Crippen LogP contribution is 2.37. The summed E-state index contributed by atoms with van der Waals surface area (Å²) in [5, 5.41) is 14.4. The smallest absolute Gasteiger partial charge is 0.132 e. The van der Waals surface area contributed by atoms with Gasteiger partial charge in [0.15, 0.2) is 0 Å². The van der Waals surface area contributed by atoms with Gasteiger partial charge in [0, 0.05) is 17.3 Å². The molecule has 2 aromatic rings. The van der Waals surface area contributed by atoms with Crippen LogP contribution in [0.1, 0.15) is 30.3 Å². The van der Waals surface area contributed by atoms with Gasteiger partial charge < -0.3 is 4.57 Å². The van der Waals surface area contributed by atoms with Crippen LogP contribution in [0.25, 0.3) is 10.8 Å². The minimum atomic E-state index is -0.309. The van der Waals surface area contributed by atoms with Crippen molar-refractivity contribution in [3.05, 3.63) is 40.6 Å². The molecule has 0 saturated carbocycles. The first kappa shape index (κ1) is 10.0. The summed E-state index contributed by atoms with van der Waals surface area (Å²) < 4.78 is 1.96. The van der Waals surface area contributed by atoms with Crippen molar-refractivity contribution in [2.24, 2.45) is 5.18 Å². The van der Waals surface area contributed by atoms with E-state index >= 15 is 0 Å². The summed E-state index contributed by atoms with van der Waals surface area (Å²) in [5.74, 6) is 0. The van der Waals surface area contributed by atoms with Gasteiger partial charge in [-0.05, 0) is 12.8 Å². The van der Waals surface area contributed by atoms with E-state index in [1.54, 1.807) is 0 Å². The van der Waals surface area contributed by atoms with Gasteiger partial charge in [0.05, 0.1) is 5.69 Å². The largest absolute Gasteiger partial charge is 0.333 e. The van der Waals surface area contributed by atoms with Crippen LogP contribution in [0.2, 0.25) is 0 Å². The van der Waals surface area contributed by atoms with E-state index in [9.17, 15) is 10.2 Å². The molecule has 0 amide bonds. The van der Waals surface area contributed by atoms with E-state index in [-0.39, 0.29) is 6.04 Å². The van der Waals surface area contributed by atoms with Crippen LogP contribution < -0.4 is 0 Å². The van der Waals surface area contributed by atoms with Gasteiger partial charge >= 0.3 is 0 Å². The van der Waals surface area contributed by atoms with Gasteiger partial charge in [-0.2, -0.15) is 10.2 Å². The molecule has 1 aromatic heterocycles. The van der Waals surface area contributed by atoms with E-state index < -0.39 is 0 Å². The van der Waals surface area contributed by atoms with Crippen LogP contribution in [0, 0.1) is 16.2 Å². The molecular weight excluding hydrogens is 214 g/mol. The molecule has 0 bridgehead atoms. The van der Waals surface area contributed by atoms with Gasteiger partial charge in [-0.25, -0.2) is 0 Å². The molecule has 0 spiro atoms. The second-order valence-corrected chi connectivity index (χ2v) is 4.31. The minimum Gasteiger partial charge on any atom is -0.333 e. The molecule has 0 radical (unpaired) electrons.